The molecule has 0 spiro atoms. The van der Waals surface area contributed by atoms with Crippen molar-refractivity contribution in [1.29, 1.82) is 0 Å². The lowest BCUT2D eigenvalue weighted by Crippen LogP contribution is -2.24. The van der Waals surface area contributed by atoms with E-state index in [1.807, 2.05) is 0 Å². The fourth-order valence-corrected chi connectivity index (χ4v) is 0.588. The van der Waals surface area contributed by atoms with Crippen LogP contribution in [0.1, 0.15) is 27.2 Å². The smallest absolute Gasteiger partial charge is 0.460 e. The lowest BCUT2D eigenvalue weighted by molar-refractivity contribution is -0.155. The molecule has 0 aromatic rings. The summed E-state index contributed by atoms with van der Waals surface area (Å²) in [6.45, 7) is 5.53. The number of hydrogen-bond donors (Lipinski definition) is 1. The minimum atomic E-state index is -0.458. The molecule has 0 atom stereocenters. The summed E-state index contributed by atoms with van der Waals surface area (Å²) in [5, 5.41) is 8.11. The Morgan fingerprint density at radius 1 is 1.50 bits per heavy atom. The number of hydrogen-bond acceptors (Lipinski definition) is 4. The van der Waals surface area contributed by atoms with Crippen LogP contribution < -0.4 is 0 Å². The SMILES string of the molecule is CC(C)(C)OC(=O)CCO[B]O. The van der Waals surface area contributed by atoms with Crippen molar-refractivity contribution in [2.24, 2.45) is 0 Å². The van der Waals surface area contributed by atoms with Gasteiger partial charge in [0.15, 0.2) is 0 Å². The summed E-state index contributed by atoms with van der Waals surface area (Å²) in [5.74, 6) is -0.329. The molecule has 0 aliphatic heterocycles. The quantitative estimate of drug-likeness (QED) is 0.376. The zero-order chi connectivity index (χ0) is 9.61. The topological polar surface area (TPSA) is 55.8 Å². The number of ether oxygens (including phenoxy) is 1. The van der Waals surface area contributed by atoms with Crippen LogP contribution in [0, 0.1) is 0 Å². The van der Waals surface area contributed by atoms with E-state index in [4.69, 9.17) is 9.76 Å². The second kappa shape index (κ2) is 5.16. The van der Waals surface area contributed by atoms with E-state index in [9.17, 15) is 4.79 Å². The molecule has 69 valence electrons. The molecule has 0 aromatic carbocycles. The van der Waals surface area contributed by atoms with E-state index < -0.39 is 5.60 Å². The van der Waals surface area contributed by atoms with E-state index in [-0.39, 0.29) is 19.0 Å². The molecule has 5 heteroatoms. The second-order valence-corrected chi connectivity index (χ2v) is 3.31. The van der Waals surface area contributed by atoms with Crippen molar-refractivity contribution in [2.75, 3.05) is 6.61 Å². The van der Waals surface area contributed by atoms with Crippen molar-refractivity contribution in [3.05, 3.63) is 0 Å². The molecule has 0 rings (SSSR count). The molecule has 12 heavy (non-hydrogen) atoms. The highest BCUT2D eigenvalue weighted by Crippen LogP contribution is 2.07. The van der Waals surface area contributed by atoms with Crippen molar-refractivity contribution >= 4 is 13.7 Å². The van der Waals surface area contributed by atoms with E-state index in [0.717, 1.165) is 0 Å². The van der Waals surface area contributed by atoms with Crippen LogP contribution in [-0.4, -0.2) is 30.9 Å². The molecular weight excluding hydrogens is 159 g/mol. The summed E-state index contributed by atoms with van der Waals surface area (Å²) < 4.78 is 9.42. The molecule has 0 aliphatic rings. The highest BCUT2D eigenvalue weighted by molar-refractivity contribution is 6.15. The number of esters is 1. The Kier molecular flexibility index (Phi) is 4.93. The third-order valence-electron chi connectivity index (χ3n) is 0.919. The van der Waals surface area contributed by atoms with Crippen LogP contribution in [0.25, 0.3) is 0 Å². The second-order valence-electron chi connectivity index (χ2n) is 3.31. The van der Waals surface area contributed by atoms with Crippen molar-refractivity contribution in [1.82, 2.24) is 0 Å². The first kappa shape index (κ1) is 11.5. The minimum absolute atomic E-state index is 0.144. The lowest BCUT2D eigenvalue weighted by atomic mass is 10.2. The van der Waals surface area contributed by atoms with Gasteiger partial charge in [-0.3, -0.25) is 4.79 Å². The molecule has 0 saturated heterocycles. The number of carbonyl (C=O) groups excluding carboxylic acids is 1. The molecule has 0 heterocycles. The van der Waals surface area contributed by atoms with Gasteiger partial charge in [-0.1, -0.05) is 0 Å². The van der Waals surface area contributed by atoms with E-state index in [1.165, 1.54) is 0 Å². The summed E-state index contributed by atoms with van der Waals surface area (Å²) in [7, 11) is 0.560. The van der Waals surface area contributed by atoms with Gasteiger partial charge in [-0.2, -0.15) is 0 Å². The van der Waals surface area contributed by atoms with E-state index in [1.54, 1.807) is 20.8 Å². The van der Waals surface area contributed by atoms with Gasteiger partial charge < -0.3 is 14.4 Å². The molecular formula is C7H14BO4. The molecule has 0 unspecified atom stereocenters. The molecule has 0 bridgehead atoms. The van der Waals surface area contributed by atoms with Gasteiger partial charge in [-0.25, -0.2) is 0 Å². The van der Waals surface area contributed by atoms with Crippen LogP contribution >= 0.6 is 0 Å². The van der Waals surface area contributed by atoms with Crippen LogP contribution in [0.4, 0.5) is 0 Å². The van der Waals surface area contributed by atoms with Gasteiger partial charge >= 0.3 is 13.7 Å². The first-order chi connectivity index (χ1) is 5.45. The van der Waals surface area contributed by atoms with Gasteiger partial charge in [0, 0.05) is 6.61 Å². The molecule has 1 radical (unpaired) electrons. The fraction of sp³-hybridized carbons (Fsp3) is 0.857. The highest BCUT2D eigenvalue weighted by Gasteiger charge is 2.15. The van der Waals surface area contributed by atoms with Crippen LogP contribution in [0.2, 0.25) is 0 Å². The van der Waals surface area contributed by atoms with Crippen LogP contribution in [-0.2, 0) is 14.2 Å². The van der Waals surface area contributed by atoms with Crippen molar-refractivity contribution in [3.8, 4) is 0 Å². The van der Waals surface area contributed by atoms with Gasteiger partial charge in [0.25, 0.3) is 0 Å². The maximum atomic E-state index is 10.9. The lowest BCUT2D eigenvalue weighted by Gasteiger charge is -2.19. The molecule has 0 amide bonds. The summed E-state index contributed by atoms with van der Waals surface area (Å²) in [5.41, 5.74) is -0.458. The average Bonchev–Trinajstić information content (AvgIpc) is 1.84. The zero-order valence-corrected chi connectivity index (χ0v) is 7.66. The summed E-state index contributed by atoms with van der Waals surface area (Å²) >= 11 is 0. The Hall–Kier alpha value is -0.545. The first-order valence-corrected chi connectivity index (χ1v) is 3.75. The molecule has 0 saturated carbocycles. The van der Waals surface area contributed by atoms with Crippen molar-refractivity contribution in [2.45, 2.75) is 32.8 Å². The van der Waals surface area contributed by atoms with E-state index in [2.05, 4.69) is 4.65 Å². The standard InChI is InChI=1S/C7H14BO4/c1-7(2,3)12-6(9)4-5-11-8-10/h10H,4-5H2,1-3H3. The van der Waals surface area contributed by atoms with Crippen LogP contribution in [0.3, 0.4) is 0 Å². The largest absolute Gasteiger partial charge is 0.485 e. The molecule has 4 nitrogen and oxygen atoms in total. The highest BCUT2D eigenvalue weighted by atomic mass is 16.6. The summed E-state index contributed by atoms with van der Waals surface area (Å²) in [6, 6.07) is 0. The summed E-state index contributed by atoms with van der Waals surface area (Å²) in [4.78, 5) is 10.9. The Bertz CT molecular complexity index is 141. The van der Waals surface area contributed by atoms with Crippen LogP contribution in [0.5, 0.6) is 0 Å². The Morgan fingerprint density at radius 2 is 2.08 bits per heavy atom. The van der Waals surface area contributed by atoms with Crippen LogP contribution in [0.15, 0.2) is 0 Å². The third kappa shape index (κ3) is 7.56. The minimum Gasteiger partial charge on any atom is -0.460 e. The molecule has 0 aliphatic carbocycles. The molecule has 1 N–H and O–H groups in total. The average molecular weight is 173 g/mol. The normalized spacial score (nSPS) is 11.0. The predicted octanol–water partition coefficient (Wildman–Crippen LogP) is 0.261. The van der Waals surface area contributed by atoms with Gasteiger partial charge in [0.1, 0.15) is 5.60 Å². The Labute approximate surface area is 73.2 Å². The number of carbonyl (C=O) groups is 1. The van der Waals surface area contributed by atoms with Gasteiger partial charge in [-0.15, -0.1) is 0 Å². The zero-order valence-electron chi connectivity index (χ0n) is 7.66. The Morgan fingerprint density at radius 3 is 2.50 bits per heavy atom. The third-order valence-corrected chi connectivity index (χ3v) is 0.919. The first-order valence-electron chi connectivity index (χ1n) is 3.75. The number of rotatable bonds is 4. The Balaban J connectivity index is 3.47. The fourth-order valence-electron chi connectivity index (χ4n) is 0.588. The predicted molar refractivity (Wildman–Crippen MR) is 44.4 cm³/mol. The van der Waals surface area contributed by atoms with Gasteiger partial charge in [0.05, 0.1) is 6.42 Å². The molecule has 0 fully saturated rings. The van der Waals surface area contributed by atoms with Crippen molar-refractivity contribution in [3.63, 3.8) is 0 Å². The molecule has 0 aromatic heterocycles. The maximum Gasteiger partial charge on any atom is 0.485 e. The van der Waals surface area contributed by atoms with E-state index in [0.29, 0.717) is 7.69 Å². The van der Waals surface area contributed by atoms with Gasteiger partial charge in [0.2, 0.25) is 0 Å². The van der Waals surface area contributed by atoms with Crippen molar-refractivity contribution < 1.29 is 19.2 Å². The van der Waals surface area contributed by atoms with E-state index >= 15 is 0 Å². The maximum absolute atomic E-state index is 10.9. The summed E-state index contributed by atoms with van der Waals surface area (Å²) in [6.07, 6.45) is 0.147. The monoisotopic (exact) mass is 173 g/mol. The van der Waals surface area contributed by atoms with Gasteiger partial charge in [-0.05, 0) is 20.8 Å².